The van der Waals surface area contributed by atoms with Crippen LogP contribution in [0.1, 0.15) is 18.7 Å². The molecule has 0 radical (unpaired) electrons. The molecule has 18 nitrogen and oxygen atoms in total. The fraction of sp³-hybridized carbons (Fsp3) is 0.478. The molecule has 1 aliphatic carbocycles. The van der Waals surface area contributed by atoms with Gasteiger partial charge in [0.15, 0.2) is 29.4 Å². The SMILES string of the molecule is Nc1ncnc2c1ncn2[C@@H]1C[C@@H]2CO[P@](=O)(S)O[C@@H]3[C@H](F)[C@@H](CO[P@](=O)(S)OC[C@H]21)O[C@H]3n1cnc2c(=O)n3ccnc3[nH]c21. The van der Waals surface area contributed by atoms with Gasteiger partial charge in [-0.25, -0.2) is 42.8 Å². The molecular formula is C23H25FN10O8P2S2. The van der Waals surface area contributed by atoms with Crippen LogP contribution < -0.4 is 11.3 Å². The summed E-state index contributed by atoms with van der Waals surface area (Å²) in [5.74, 6) is -0.213. The van der Waals surface area contributed by atoms with Crippen LogP contribution in [0.25, 0.3) is 28.1 Å². The Kier molecular flexibility index (Phi) is 7.35. The number of hydrogen-bond acceptors (Lipinski definition) is 14. The van der Waals surface area contributed by atoms with E-state index in [0.717, 1.165) is 0 Å². The molecule has 7 heterocycles. The van der Waals surface area contributed by atoms with Crippen LogP contribution in [0.2, 0.25) is 0 Å². The van der Waals surface area contributed by atoms with Gasteiger partial charge in [0, 0.05) is 24.4 Å². The summed E-state index contributed by atoms with van der Waals surface area (Å²) in [5.41, 5.74) is 6.56. The van der Waals surface area contributed by atoms with Gasteiger partial charge in [0.1, 0.15) is 29.7 Å². The fourth-order valence-electron chi connectivity index (χ4n) is 6.19. The molecule has 3 N–H and O–H groups in total. The normalized spacial score (nSPS) is 35.7. The number of hydrogen-bond donors (Lipinski definition) is 4. The fourth-order valence-corrected chi connectivity index (χ4v) is 8.85. The lowest BCUT2D eigenvalue weighted by Gasteiger charge is -2.45. The Morgan fingerprint density at radius 2 is 1.74 bits per heavy atom. The number of aromatic amines is 1. The maximum atomic E-state index is 16.0. The molecule has 3 fully saturated rings. The number of rotatable bonds is 2. The summed E-state index contributed by atoms with van der Waals surface area (Å²) in [6.07, 6.45) is 1.26. The van der Waals surface area contributed by atoms with Gasteiger partial charge >= 0.3 is 13.6 Å². The van der Waals surface area contributed by atoms with Crippen LogP contribution in [-0.4, -0.2) is 81.6 Å². The number of fused-ring (bicyclic) bond motifs is 6. The van der Waals surface area contributed by atoms with E-state index in [4.69, 9.17) is 28.6 Å². The lowest BCUT2D eigenvalue weighted by atomic mass is 9.70. The van der Waals surface area contributed by atoms with Crippen molar-refractivity contribution in [2.75, 3.05) is 25.6 Å². The minimum absolute atomic E-state index is 0.0119. The summed E-state index contributed by atoms with van der Waals surface area (Å²) >= 11 is 8.27. The predicted molar refractivity (Wildman–Crippen MR) is 164 cm³/mol. The molecule has 0 unspecified atom stereocenters. The quantitative estimate of drug-likeness (QED) is 0.153. The Labute approximate surface area is 267 Å². The highest BCUT2D eigenvalue weighted by molar-refractivity contribution is 8.44. The van der Waals surface area contributed by atoms with Crippen LogP contribution in [0, 0.1) is 11.8 Å². The molecule has 5 aromatic heterocycles. The molecule has 46 heavy (non-hydrogen) atoms. The van der Waals surface area contributed by atoms with Gasteiger partial charge in [0.2, 0.25) is 5.78 Å². The van der Waals surface area contributed by atoms with Crippen LogP contribution >= 0.6 is 38.1 Å². The van der Waals surface area contributed by atoms with Crippen molar-refractivity contribution in [2.24, 2.45) is 11.8 Å². The van der Waals surface area contributed by atoms with Gasteiger partial charge < -0.3 is 29.1 Å². The minimum Gasteiger partial charge on any atom is -0.382 e. The van der Waals surface area contributed by atoms with Gasteiger partial charge in [-0.2, -0.15) is 0 Å². The van der Waals surface area contributed by atoms with E-state index >= 15 is 4.39 Å². The number of ether oxygens (including phenoxy) is 1. The molecule has 1 saturated carbocycles. The molecule has 0 spiro atoms. The molecule has 5 aromatic rings. The van der Waals surface area contributed by atoms with E-state index < -0.39 is 50.4 Å². The van der Waals surface area contributed by atoms with E-state index in [0.29, 0.717) is 17.6 Å². The van der Waals surface area contributed by atoms with E-state index in [1.54, 1.807) is 6.33 Å². The number of halogens is 1. The zero-order valence-electron chi connectivity index (χ0n) is 23.3. The third kappa shape index (κ3) is 5.09. The van der Waals surface area contributed by atoms with Crippen molar-refractivity contribution in [3.05, 3.63) is 41.7 Å². The standard InChI is InChI=1S/C23H25FN10O8P2S2/c24-14-13-6-40-43(36,45)39-5-11-10(3-12(11)33-8-29-15-18(25)27-7-28-19(15)33)4-38-44(37,46)42-17(14)22(41-13)34-9-30-16-20(34)31-23-26-1-2-32(23)21(16)35/h1-2,7-14,17,22H,3-6H2,(H,26,31)(H,36,45)(H,37,46)(H2,25,27,28)/t10-,11-,12-,13-,14-,17-,22-,43-,44+/m1/s1. The molecule has 23 heteroatoms. The van der Waals surface area contributed by atoms with Gasteiger partial charge in [-0.3, -0.25) is 18.4 Å². The topological polar surface area (TPSA) is 218 Å². The first-order chi connectivity index (χ1) is 22.0. The molecule has 0 amide bonds. The summed E-state index contributed by atoms with van der Waals surface area (Å²) in [4.78, 5) is 36.8. The van der Waals surface area contributed by atoms with Crippen molar-refractivity contribution in [3.63, 3.8) is 0 Å². The first-order valence-electron chi connectivity index (χ1n) is 13.9. The molecule has 0 aromatic carbocycles. The molecule has 2 bridgehead atoms. The lowest BCUT2D eigenvalue weighted by Crippen LogP contribution is -2.43. The van der Waals surface area contributed by atoms with Gasteiger partial charge in [0.05, 0.1) is 32.5 Å². The Balaban J connectivity index is 1.10. The third-order valence-corrected chi connectivity index (χ3v) is 11.8. The van der Waals surface area contributed by atoms with Crippen LogP contribution in [-0.2, 0) is 32.0 Å². The number of nitrogens with zero attached hydrogens (tertiary/aromatic N) is 8. The highest BCUT2D eigenvalue weighted by Gasteiger charge is 2.52. The minimum atomic E-state index is -4.22. The number of thiol groups is 2. The first-order valence-corrected chi connectivity index (χ1v) is 19.3. The number of nitrogen functional groups attached to an aromatic ring is 1. The zero-order chi connectivity index (χ0) is 32.0. The average molecular weight is 715 g/mol. The molecule has 244 valence electrons. The van der Waals surface area contributed by atoms with Crippen molar-refractivity contribution in [1.82, 2.24) is 43.4 Å². The van der Waals surface area contributed by atoms with Gasteiger partial charge in [-0.05, 0) is 12.3 Å². The van der Waals surface area contributed by atoms with Crippen molar-refractivity contribution in [2.45, 2.75) is 37.1 Å². The molecule has 8 rings (SSSR count). The summed E-state index contributed by atoms with van der Waals surface area (Å²) in [7, 11) is 0. The van der Waals surface area contributed by atoms with Crippen LogP contribution in [0.4, 0.5) is 10.2 Å². The molecular weight excluding hydrogens is 689 g/mol. The van der Waals surface area contributed by atoms with E-state index in [1.165, 1.54) is 34.0 Å². The maximum Gasteiger partial charge on any atom is 0.386 e. The van der Waals surface area contributed by atoms with Crippen molar-refractivity contribution in [3.8, 4) is 0 Å². The lowest BCUT2D eigenvalue weighted by molar-refractivity contribution is -0.0438. The Hall–Kier alpha value is -2.87. The second-order valence-corrected chi connectivity index (χ2v) is 16.9. The highest BCUT2D eigenvalue weighted by Crippen LogP contribution is 2.60. The van der Waals surface area contributed by atoms with Gasteiger partial charge in [-0.1, -0.05) is 24.5 Å². The number of aromatic nitrogens is 9. The van der Waals surface area contributed by atoms with E-state index in [-0.39, 0.29) is 53.9 Å². The Bertz CT molecular complexity index is 2140. The highest BCUT2D eigenvalue weighted by atomic mass is 32.7. The van der Waals surface area contributed by atoms with Gasteiger partial charge in [-0.15, -0.1) is 0 Å². The number of nitrogens with one attached hydrogen (secondary N) is 1. The second kappa shape index (κ2) is 11.1. The molecule has 2 aliphatic heterocycles. The van der Waals surface area contributed by atoms with E-state index in [1.807, 2.05) is 4.57 Å². The summed E-state index contributed by atoms with van der Waals surface area (Å²) in [5, 5.41) is 0. The summed E-state index contributed by atoms with van der Waals surface area (Å²) < 4.78 is 75.7. The third-order valence-electron chi connectivity index (χ3n) is 8.55. The second-order valence-electron chi connectivity index (χ2n) is 11.1. The Morgan fingerprint density at radius 1 is 0.978 bits per heavy atom. The van der Waals surface area contributed by atoms with Crippen molar-refractivity contribution < 1.29 is 36.4 Å². The molecule has 2 saturated heterocycles. The van der Waals surface area contributed by atoms with Crippen LogP contribution in [0.5, 0.6) is 0 Å². The van der Waals surface area contributed by atoms with Crippen LogP contribution in [0.3, 0.4) is 0 Å². The Morgan fingerprint density at radius 3 is 2.59 bits per heavy atom. The summed E-state index contributed by atoms with van der Waals surface area (Å²) in [6, 6.07) is -0.244. The predicted octanol–water partition coefficient (Wildman–Crippen LogP) is 2.73. The molecule has 3 aliphatic rings. The number of H-pyrrole nitrogens is 1. The summed E-state index contributed by atoms with van der Waals surface area (Å²) in [6.45, 7) is -9.05. The van der Waals surface area contributed by atoms with Crippen molar-refractivity contribution in [1.29, 1.82) is 0 Å². The monoisotopic (exact) mass is 714 g/mol. The first kappa shape index (κ1) is 30.5. The number of imidazole rings is 3. The maximum absolute atomic E-state index is 16.0. The average Bonchev–Trinajstić information content (AvgIpc) is 3.79. The molecule has 9 atom stereocenters. The zero-order valence-corrected chi connectivity index (χ0v) is 26.9. The van der Waals surface area contributed by atoms with Crippen LogP contribution in [0.15, 0.2) is 36.2 Å². The largest absolute Gasteiger partial charge is 0.386 e. The number of anilines is 1. The number of nitrogens with two attached hydrogens (primary N) is 1. The van der Waals surface area contributed by atoms with Gasteiger partial charge in [0.25, 0.3) is 5.56 Å². The number of alkyl halides is 1. The smallest absolute Gasteiger partial charge is 0.382 e. The van der Waals surface area contributed by atoms with E-state index in [2.05, 4.69) is 54.4 Å². The van der Waals surface area contributed by atoms with Crippen molar-refractivity contribution >= 4 is 72.0 Å². The van der Waals surface area contributed by atoms with E-state index in [9.17, 15) is 13.9 Å².